The largest absolute Gasteiger partial charge is 0.361 e. The van der Waals surface area contributed by atoms with Gasteiger partial charge in [0.1, 0.15) is 0 Å². The number of nitrogens with one attached hydrogen (secondary N) is 1. The van der Waals surface area contributed by atoms with Crippen molar-refractivity contribution in [2.24, 2.45) is 0 Å². The van der Waals surface area contributed by atoms with Gasteiger partial charge in [-0.3, -0.25) is 0 Å². The summed E-state index contributed by atoms with van der Waals surface area (Å²) in [5.74, 6) is 0. The molecule has 1 heterocycles. The number of nitrogens with zero attached hydrogens (tertiary/aromatic N) is 1. The van der Waals surface area contributed by atoms with Crippen LogP contribution in [0, 0.1) is 0 Å². The van der Waals surface area contributed by atoms with Crippen LogP contribution in [-0.4, -0.2) is 26.6 Å². The summed E-state index contributed by atoms with van der Waals surface area (Å²) in [7, 11) is -5.98. The number of halogens is 2. The molecule has 3 rings (SSSR count). The molecule has 0 aliphatic rings. The molecular formula is C18H19Cl2N2O4PS. The number of sulfonamides is 1. The number of H-pyrrole nitrogens is 1. The molecule has 2 aromatic carbocycles. The second kappa shape index (κ2) is 8.99. The van der Waals surface area contributed by atoms with Crippen LogP contribution >= 0.6 is 31.7 Å². The van der Waals surface area contributed by atoms with E-state index in [4.69, 9.17) is 32.2 Å². The van der Waals surface area contributed by atoms with Gasteiger partial charge in [0.25, 0.3) is 10.0 Å². The van der Waals surface area contributed by atoms with Gasteiger partial charge in [0.2, 0.25) is 0 Å². The van der Waals surface area contributed by atoms with Gasteiger partial charge in [-0.25, -0.2) is 8.42 Å². The monoisotopic (exact) mass is 460 g/mol. The maximum absolute atomic E-state index is 13.6. The van der Waals surface area contributed by atoms with E-state index in [1.54, 1.807) is 32.2 Å². The standard InChI is InChI=1S/C18H19Cl2N2O4PS/c1-3-25-27(26-4-2)22(16-5-6-18-13(9-16)7-8-21-18)28(23,24)17-11-14(19)10-15(20)12-17/h5-12,21H,3-4H2,1-2H3. The minimum absolute atomic E-state index is 0.0360. The summed E-state index contributed by atoms with van der Waals surface area (Å²) in [6.07, 6.45) is 1.79. The van der Waals surface area contributed by atoms with Crippen LogP contribution in [0.4, 0.5) is 5.69 Å². The van der Waals surface area contributed by atoms with Crippen molar-refractivity contribution in [1.29, 1.82) is 0 Å². The highest BCUT2D eigenvalue weighted by Crippen LogP contribution is 2.50. The van der Waals surface area contributed by atoms with E-state index in [1.165, 1.54) is 22.3 Å². The molecule has 0 radical (unpaired) electrons. The molecule has 0 bridgehead atoms. The summed E-state index contributed by atoms with van der Waals surface area (Å²) in [4.78, 5) is 3.05. The quantitative estimate of drug-likeness (QED) is 0.420. The normalized spacial score (nSPS) is 12.0. The van der Waals surface area contributed by atoms with Crippen LogP contribution in [-0.2, 0) is 19.1 Å². The molecule has 28 heavy (non-hydrogen) atoms. The first kappa shape index (κ1) is 21.4. The fourth-order valence-electron chi connectivity index (χ4n) is 2.62. The Bertz CT molecular complexity index is 1050. The zero-order valence-corrected chi connectivity index (χ0v) is 18.4. The van der Waals surface area contributed by atoms with E-state index >= 15 is 0 Å². The summed E-state index contributed by atoms with van der Waals surface area (Å²) in [5.41, 5.74) is 1.32. The first-order valence-corrected chi connectivity index (χ1v) is 11.8. The average molecular weight is 461 g/mol. The van der Waals surface area contributed by atoms with Crippen LogP contribution in [0.5, 0.6) is 0 Å². The topological polar surface area (TPSA) is 71.6 Å². The second-order valence-electron chi connectivity index (χ2n) is 5.68. The summed E-state index contributed by atoms with van der Waals surface area (Å²) in [6, 6.07) is 11.3. The molecule has 1 aromatic heterocycles. The first-order chi connectivity index (χ1) is 13.4. The molecule has 0 saturated carbocycles. The number of fused-ring (bicyclic) bond motifs is 1. The smallest absolute Gasteiger partial charge is 0.304 e. The molecule has 0 unspecified atom stereocenters. The number of aromatic amines is 1. The van der Waals surface area contributed by atoms with E-state index in [0.717, 1.165) is 10.9 Å². The van der Waals surface area contributed by atoms with Crippen molar-refractivity contribution in [2.75, 3.05) is 17.3 Å². The van der Waals surface area contributed by atoms with Crippen molar-refractivity contribution in [1.82, 2.24) is 4.98 Å². The van der Waals surface area contributed by atoms with E-state index in [0.29, 0.717) is 18.9 Å². The molecule has 3 aromatic rings. The maximum Gasteiger partial charge on any atom is 0.304 e. The van der Waals surface area contributed by atoms with Gasteiger partial charge in [-0.05, 0) is 56.3 Å². The van der Waals surface area contributed by atoms with Gasteiger partial charge < -0.3 is 14.0 Å². The Balaban J connectivity index is 2.18. The number of anilines is 1. The highest BCUT2D eigenvalue weighted by molar-refractivity contribution is 7.98. The van der Waals surface area contributed by atoms with E-state index in [9.17, 15) is 8.42 Å². The zero-order chi connectivity index (χ0) is 20.3. The highest BCUT2D eigenvalue weighted by Gasteiger charge is 2.35. The van der Waals surface area contributed by atoms with Crippen molar-refractivity contribution in [2.45, 2.75) is 18.7 Å². The number of rotatable bonds is 8. The number of benzene rings is 2. The molecule has 0 saturated heterocycles. The molecular weight excluding hydrogens is 442 g/mol. The molecule has 10 heteroatoms. The molecule has 0 atom stereocenters. The molecule has 1 N–H and O–H groups in total. The zero-order valence-electron chi connectivity index (χ0n) is 15.2. The molecule has 0 spiro atoms. The Hall–Kier alpha value is -1.34. The average Bonchev–Trinajstić information content (AvgIpc) is 3.09. The van der Waals surface area contributed by atoms with E-state index in [2.05, 4.69) is 4.98 Å². The van der Waals surface area contributed by atoms with Crippen molar-refractivity contribution < 1.29 is 17.5 Å². The SMILES string of the molecule is CCOP(OCC)N(c1ccc2[nH]ccc2c1)S(=O)(=O)c1cc(Cl)cc(Cl)c1. The summed E-state index contributed by atoms with van der Waals surface area (Å²) >= 11 is 12.1. The maximum atomic E-state index is 13.6. The van der Waals surface area contributed by atoms with Crippen LogP contribution in [0.25, 0.3) is 10.9 Å². The van der Waals surface area contributed by atoms with Crippen molar-refractivity contribution in [3.05, 3.63) is 58.7 Å². The molecule has 0 amide bonds. The van der Waals surface area contributed by atoms with Gasteiger partial charge in [-0.1, -0.05) is 23.2 Å². The van der Waals surface area contributed by atoms with Gasteiger partial charge in [-0.2, -0.15) is 4.08 Å². The third kappa shape index (κ3) is 4.46. The Morgan fingerprint density at radius 3 is 2.25 bits per heavy atom. The van der Waals surface area contributed by atoms with Crippen molar-refractivity contribution in [3.8, 4) is 0 Å². The van der Waals surface area contributed by atoms with E-state index in [1.807, 2.05) is 12.1 Å². The lowest BCUT2D eigenvalue weighted by atomic mass is 10.2. The summed E-state index contributed by atoms with van der Waals surface area (Å²) in [5, 5.41) is 1.32. The van der Waals surface area contributed by atoms with Crippen LogP contribution < -0.4 is 4.08 Å². The second-order valence-corrected chi connectivity index (χ2v) is 10.00. The Morgan fingerprint density at radius 2 is 1.64 bits per heavy atom. The van der Waals surface area contributed by atoms with Crippen LogP contribution in [0.3, 0.4) is 0 Å². The summed E-state index contributed by atoms with van der Waals surface area (Å²) in [6.45, 7) is 4.15. The van der Waals surface area contributed by atoms with Crippen LogP contribution in [0.15, 0.2) is 53.6 Å². The van der Waals surface area contributed by atoms with Gasteiger partial charge in [-0.15, -0.1) is 0 Å². The lowest BCUT2D eigenvalue weighted by Gasteiger charge is -2.30. The predicted octanol–water partition coefficient (Wildman–Crippen LogP) is 5.97. The van der Waals surface area contributed by atoms with Crippen molar-refractivity contribution in [3.63, 3.8) is 0 Å². The summed E-state index contributed by atoms with van der Waals surface area (Å²) < 4.78 is 39.6. The van der Waals surface area contributed by atoms with Crippen LogP contribution in [0.2, 0.25) is 10.0 Å². The molecule has 0 aliphatic carbocycles. The van der Waals surface area contributed by atoms with Gasteiger partial charge in [0.15, 0.2) is 0 Å². The van der Waals surface area contributed by atoms with Gasteiger partial charge in [0, 0.05) is 27.1 Å². The third-order valence-electron chi connectivity index (χ3n) is 3.75. The lowest BCUT2D eigenvalue weighted by Crippen LogP contribution is -2.28. The van der Waals surface area contributed by atoms with Gasteiger partial charge in [0.05, 0.1) is 23.8 Å². The first-order valence-electron chi connectivity index (χ1n) is 8.51. The predicted molar refractivity (Wildman–Crippen MR) is 115 cm³/mol. The van der Waals surface area contributed by atoms with E-state index in [-0.39, 0.29) is 14.9 Å². The van der Waals surface area contributed by atoms with Crippen molar-refractivity contribution >= 4 is 58.3 Å². The van der Waals surface area contributed by atoms with Crippen LogP contribution in [0.1, 0.15) is 13.8 Å². The number of hydrogen-bond acceptors (Lipinski definition) is 4. The molecule has 6 nitrogen and oxygen atoms in total. The molecule has 0 fully saturated rings. The minimum atomic E-state index is -4.06. The molecule has 150 valence electrons. The fourth-order valence-corrected chi connectivity index (χ4v) is 6.73. The lowest BCUT2D eigenvalue weighted by molar-refractivity contribution is 0.270. The Kier molecular flexibility index (Phi) is 6.86. The Labute approximate surface area is 175 Å². The number of aromatic nitrogens is 1. The fraction of sp³-hybridized carbons (Fsp3) is 0.222. The van der Waals surface area contributed by atoms with Gasteiger partial charge >= 0.3 is 8.53 Å². The highest BCUT2D eigenvalue weighted by atomic mass is 35.5. The Morgan fingerprint density at radius 1 is 1.00 bits per heavy atom. The molecule has 0 aliphatic heterocycles. The minimum Gasteiger partial charge on any atom is -0.361 e. The number of hydrogen-bond donors (Lipinski definition) is 1. The van der Waals surface area contributed by atoms with E-state index < -0.39 is 18.5 Å². The third-order valence-corrected chi connectivity index (χ3v) is 8.21.